The fraction of sp³-hybridized carbons (Fsp3) is 0.400. The molecule has 0 bridgehead atoms. The van der Waals surface area contributed by atoms with E-state index in [1.807, 2.05) is 35.8 Å². The number of carbonyl (C=O) groups excluding carboxylic acids is 1. The highest BCUT2D eigenvalue weighted by Gasteiger charge is 2.15. The van der Waals surface area contributed by atoms with Crippen molar-refractivity contribution in [1.82, 2.24) is 14.5 Å². The molecular weight excluding hydrogens is 270 g/mol. The van der Waals surface area contributed by atoms with Gasteiger partial charge < -0.3 is 14.6 Å². The van der Waals surface area contributed by atoms with E-state index >= 15 is 0 Å². The number of carboxylic acids is 1. The van der Waals surface area contributed by atoms with Crippen molar-refractivity contribution in [2.75, 3.05) is 13.6 Å². The Balaban J connectivity index is 2.18. The Bertz CT molecular complexity index is 663. The first-order chi connectivity index (χ1) is 10.0. The predicted octanol–water partition coefficient (Wildman–Crippen LogP) is 1.53. The zero-order valence-electron chi connectivity index (χ0n) is 12.2. The van der Waals surface area contributed by atoms with Crippen LogP contribution >= 0.6 is 0 Å². The number of benzene rings is 1. The lowest BCUT2D eigenvalue weighted by Gasteiger charge is -2.17. The standard InChI is InChI=1S/C15H19N3O3/c1-3-13-16-11-6-4-5-7-12(11)18(13)10-14(19)17(2)9-8-15(20)21/h4-7H,3,8-10H2,1-2H3,(H,20,21). The number of likely N-dealkylation sites (N-methyl/N-ethyl adjacent to an activating group) is 1. The molecule has 0 saturated carbocycles. The van der Waals surface area contributed by atoms with Crippen molar-refractivity contribution in [3.05, 3.63) is 30.1 Å². The Morgan fingerprint density at radius 3 is 2.71 bits per heavy atom. The number of carboxylic acid groups (broad SMARTS) is 1. The van der Waals surface area contributed by atoms with Gasteiger partial charge in [-0.2, -0.15) is 0 Å². The highest BCUT2D eigenvalue weighted by atomic mass is 16.4. The molecule has 0 saturated heterocycles. The normalized spacial score (nSPS) is 10.8. The summed E-state index contributed by atoms with van der Waals surface area (Å²) < 4.78 is 1.90. The van der Waals surface area contributed by atoms with Crippen LogP contribution in [0.25, 0.3) is 11.0 Å². The van der Waals surface area contributed by atoms with Gasteiger partial charge in [0.15, 0.2) is 0 Å². The number of amides is 1. The summed E-state index contributed by atoms with van der Waals surface area (Å²) in [5.74, 6) is -0.165. The number of rotatable bonds is 6. The van der Waals surface area contributed by atoms with Gasteiger partial charge in [-0.05, 0) is 12.1 Å². The summed E-state index contributed by atoms with van der Waals surface area (Å²) in [5.41, 5.74) is 1.80. The molecule has 1 heterocycles. The minimum Gasteiger partial charge on any atom is -0.481 e. The summed E-state index contributed by atoms with van der Waals surface area (Å²) in [6, 6.07) is 7.69. The molecule has 6 heteroatoms. The third-order valence-electron chi connectivity index (χ3n) is 3.43. The van der Waals surface area contributed by atoms with Gasteiger partial charge >= 0.3 is 5.97 Å². The first kappa shape index (κ1) is 15.0. The van der Waals surface area contributed by atoms with Gasteiger partial charge in [-0.25, -0.2) is 4.98 Å². The molecular formula is C15H19N3O3. The number of imidazole rings is 1. The van der Waals surface area contributed by atoms with E-state index in [0.717, 1.165) is 23.3 Å². The fourth-order valence-corrected chi connectivity index (χ4v) is 2.22. The van der Waals surface area contributed by atoms with Gasteiger partial charge in [-0.1, -0.05) is 19.1 Å². The van der Waals surface area contributed by atoms with Crippen molar-refractivity contribution in [3.8, 4) is 0 Å². The van der Waals surface area contributed by atoms with Crippen molar-refractivity contribution in [2.45, 2.75) is 26.3 Å². The molecule has 0 atom stereocenters. The van der Waals surface area contributed by atoms with Crippen LogP contribution in [0.2, 0.25) is 0 Å². The van der Waals surface area contributed by atoms with E-state index in [0.29, 0.717) is 0 Å². The maximum Gasteiger partial charge on any atom is 0.305 e. The second-order valence-electron chi connectivity index (χ2n) is 4.92. The second kappa shape index (κ2) is 6.39. The van der Waals surface area contributed by atoms with Gasteiger partial charge in [0.05, 0.1) is 17.5 Å². The van der Waals surface area contributed by atoms with E-state index in [1.165, 1.54) is 4.90 Å². The molecule has 0 unspecified atom stereocenters. The zero-order chi connectivity index (χ0) is 15.4. The molecule has 0 aliphatic heterocycles. The third-order valence-corrected chi connectivity index (χ3v) is 3.43. The number of fused-ring (bicyclic) bond motifs is 1. The first-order valence-corrected chi connectivity index (χ1v) is 6.92. The molecule has 0 aliphatic carbocycles. The molecule has 2 rings (SSSR count). The molecule has 112 valence electrons. The Kier molecular flexibility index (Phi) is 4.57. The minimum atomic E-state index is -0.906. The topological polar surface area (TPSA) is 75.4 Å². The molecule has 0 fully saturated rings. The molecule has 1 aromatic carbocycles. The number of aromatic nitrogens is 2. The number of aliphatic carboxylic acids is 1. The molecule has 1 amide bonds. The van der Waals surface area contributed by atoms with Crippen molar-refractivity contribution in [3.63, 3.8) is 0 Å². The summed E-state index contributed by atoms with van der Waals surface area (Å²) in [6.45, 7) is 2.39. The Labute approximate surface area is 123 Å². The molecule has 1 N–H and O–H groups in total. The SMILES string of the molecule is CCc1nc2ccccc2n1CC(=O)N(C)CCC(=O)O. The van der Waals surface area contributed by atoms with Crippen LogP contribution in [0.4, 0.5) is 0 Å². The molecule has 2 aromatic rings. The van der Waals surface area contributed by atoms with E-state index in [9.17, 15) is 9.59 Å². The monoisotopic (exact) mass is 289 g/mol. The smallest absolute Gasteiger partial charge is 0.305 e. The summed E-state index contributed by atoms with van der Waals surface area (Å²) in [4.78, 5) is 28.7. The number of nitrogens with zero attached hydrogens (tertiary/aromatic N) is 3. The number of hydrogen-bond donors (Lipinski definition) is 1. The molecule has 0 radical (unpaired) electrons. The van der Waals surface area contributed by atoms with Gasteiger partial charge in [0, 0.05) is 20.0 Å². The third kappa shape index (κ3) is 3.39. The lowest BCUT2D eigenvalue weighted by molar-refractivity contribution is -0.138. The number of hydrogen-bond acceptors (Lipinski definition) is 3. The molecule has 6 nitrogen and oxygen atoms in total. The van der Waals surface area contributed by atoms with Crippen LogP contribution in [0.3, 0.4) is 0 Å². The van der Waals surface area contributed by atoms with Crippen LogP contribution in [0.5, 0.6) is 0 Å². The largest absolute Gasteiger partial charge is 0.481 e. The second-order valence-corrected chi connectivity index (χ2v) is 4.92. The van der Waals surface area contributed by atoms with Crippen molar-refractivity contribution >= 4 is 22.9 Å². The van der Waals surface area contributed by atoms with Crippen LogP contribution < -0.4 is 0 Å². The van der Waals surface area contributed by atoms with E-state index in [1.54, 1.807) is 7.05 Å². The van der Waals surface area contributed by atoms with Crippen molar-refractivity contribution < 1.29 is 14.7 Å². The van der Waals surface area contributed by atoms with Crippen LogP contribution in [0.15, 0.2) is 24.3 Å². The molecule has 0 aliphatic rings. The highest BCUT2D eigenvalue weighted by Crippen LogP contribution is 2.16. The fourth-order valence-electron chi connectivity index (χ4n) is 2.22. The first-order valence-electron chi connectivity index (χ1n) is 6.92. The highest BCUT2D eigenvalue weighted by molar-refractivity contribution is 5.81. The van der Waals surface area contributed by atoms with Gasteiger partial charge in [-0.15, -0.1) is 0 Å². The van der Waals surface area contributed by atoms with Gasteiger partial charge in [-0.3, -0.25) is 9.59 Å². The van der Waals surface area contributed by atoms with Crippen LogP contribution in [-0.4, -0.2) is 45.0 Å². The Morgan fingerprint density at radius 2 is 2.05 bits per heavy atom. The van der Waals surface area contributed by atoms with Crippen LogP contribution in [0.1, 0.15) is 19.2 Å². The summed E-state index contributed by atoms with van der Waals surface area (Å²) in [7, 11) is 1.62. The van der Waals surface area contributed by atoms with Gasteiger partial charge in [0.25, 0.3) is 0 Å². The van der Waals surface area contributed by atoms with E-state index in [4.69, 9.17) is 5.11 Å². The quantitative estimate of drug-likeness (QED) is 0.875. The van der Waals surface area contributed by atoms with E-state index in [2.05, 4.69) is 4.98 Å². The van der Waals surface area contributed by atoms with Crippen molar-refractivity contribution in [2.24, 2.45) is 0 Å². The van der Waals surface area contributed by atoms with Crippen LogP contribution in [-0.2, 0) is 22.6 Å². The van der Waals surface area contributed by atoms with Gasteiger partial charge in [0.2, 0.25) is 5.91 Å². The summed E-state index contributed by atoms with van der Waals surface area (Å²) in [6.07, 6.45) is 0.689. The maximum atomic E-state index is 12.2. The predicted molar refractivity (Wildman–Crippen MR) is 79.0 cm³/mol. The molecule has 0 spiro atoms. The average molecular weight is 289 g/mol. The minimum absolute atomic E-state index is 0.0481. The summed E-state index contributed by atoms with van der Waals surface area (Å²) in [5, 5.41) is 8.67. The van der Waals surface area contributed by atoms with E-state index in [-0.39, 0.29) is 25.4 Å². The lowest BCUT2D eigenvalue weighted by Crippen LogP contribution is -2.32. The van der Waals surface area contributed by atoms with Gasteiger partial charge in [0.1, 0.15) is 12.4 Å². The summed E-state index contributed by atoms with van der Waals surface area (Å²) >= 11 is 0. The number of para-hydroxylation sites is 2. The van der Waals surface area contributed by atoms with Crippen LogP contribution in [0, 0.1) is 0 Å². The lowest BCUT2D eigenvalue weighted by atomic mass is 10.3. The number of aryl methyl sites for hydroxylation is 1. The molecule has 1 aromatic heterocycles. The maximum absolute atomic E-state index is 12.2. The van der Waals surface area contributed by atoms with E-state index < -0.39 is 5.97 Å². The number of carbonyl (C=O) groups is 2. The zero-order valence-corrected chi connectivity index (χ0v) is 12.2. The Morgan fingerprint density at radius 1 is 1.33 bits per heavy atom. The Hall–Kier alpha value is -2.37. The van der Waals surface area contributed by atoms with Crippen molar-refractivity contribution in [1.29, 1.82) is 0 Å². The average Bonchev–Trinajstić information content (AvgIpc) is 2.82. The molecule has 21 heavy (non-hydrogen) atoms.